The van der Waals surface area contributed by atoms with E-state index in [1.807, 2.05) is 19.1 Å². The number of carbonyl (C=O) groups excluding carboxylic acids is 1. The molecule has 14 nitrogen and oxygen atoms in total. The standard InChI is InChI=1S/C70H111NO13/c1-3-5-7-9-11-13-14-15-16-17-18-19-20-21-22-23-24-25-26-27-28-29-30-31-32-33-34-35-36-37-38-39-40-41-42-43-44-46-48-50-52-54-62(75)71-58(59(74)53-51-49-47-45-12-10-8-6-4-2)57-81-69-67(80)65(78)68(61(56-73)83-69)84-70-66(79)64(77)63(76)60(55-72)82-70/h4-7,11-13,15-16,18-19,21-22,24-25,27-28,30-31,33-34,36-37,45,51,53,58-61,63-70,72-74,76-80H,3,8-10,14,17,20,23,26,29,32,35,38-44,46-50,52,54-57H2,1-2H3,(H,71,75)/b6-4+,7-5-,13-11-,16-15-,19-18-,22-21-,25-24-,28-27-,31-30-,34-33-,37-36-,45-12+,53-51+. The fraction of sp³-hybridized carbons (Fsp3) is 0.614. The molecular weight excluding hydrogens is 1060 g/mol. The van der Waals surface area contributed by atoms with Crippen molar-refractivity contribution in [2.45, 2.75) is 254 Å². The van der Waals surface area contributed by atoms with E-state index in [2.05, 4.69) is 152 Å². The summed E-state index contributed by atoms with van der Waals surface area (Å²) in [6.45, 7) is 2.38. The molecule has 84 heavy (non-hydrogen) atoms. The lowest BCUT2D eigenvalue weighted by molar-refractivity contribution is -0.359. The molecule has 2 fully saturated rings. The molecule has 0 aromatic carbocycles. The number of rotatable bonds is 48. The molecule has 1 amide bonds. The summed E-state index contributed by atoms with van der Waals surface area (Å²) in [5, 5.41) is 86.8. The summed E-state index contributed by atoms with van der Waals surface area (Å²) in [4.78, 5) is 13.2. The van der Waals surface area contributed by atoms with E-state index in [4.69, 9.17) is 18.9 Å². The summed E-state index contributed by atoms with van der Waals surface area (Å²) in [7, 11) is 0. The number of carbonyl (C=O) groups is 1. The van der Waals surface area contributed by atoms with Gasteiger partial charge in [0.05, 0.1) is 32.0 Å². The molecule has 2 rings (SSSR count). The van der Waals surface area contributed by atoms with Crippen molar-refractivity contribution in [2.75, 3.05) is 19.8 Å². The van der Waals surface area contributed by atoms with Crippen LogP contribution in [0.25, 0.3) is 0 Å². The maximum Gasteiger partial charge on any atom is 0.220 e. The van der Waals surface area contributed by atoms with Gasteiger partial charge in [0, 0.05) is 6.42 Å². The Hall–Kier alpha value is -4.39. The minimum absolute atomic E-state index is 0.254. The van der Waals surface area contributed by atoms with Crippen molar-refractivity contribution in [1.82, 2.24) is 5.32 Å². The monoisotopic (exact) mass is 1170 g/mol. The summed E-state index contributed by atoms with van der Waals surface area (Å²) >= 11 is 0. The van der Waals surface area contributed by atoms with Crippen LogP contribution in [0, 0.1) is 0 Å². The Bertz CT molecular complexity index is 2010. The highest BCUT2D eigenvalue weighted by molar-refractivity contribution is 5.76. The number of aliphatic hydroxyl groups is 8. The number of unbranched alkanes of at least 4 members (excludes halogenated alkanes) is 12. The highest BCUT2D eigenvalue weighted by Gasteiger charge is 2.51. The Morgan fingerprint density at radius 1 is 0.452 bits per heavy atom. The number of aliphatic hydroxyl groups excluding tert-OH is 8. The van der Waals surface area contributed by atoms with E-state index in [1.54, 1.807) is 6.08 Å². The van der Waals surface area contributed by atoms with Crippen LogP contribution < -0.4 is 5.32 Å². The fourth-order valence-corrected chi connectivity index (χ4v) is 9.24. The van der Waals surface area contributed by atoms with E-state index < -0.39 is 86.8 Å². The van der Waals surface area contributed by atoms with E-state index >= 15 is 0 Å². The van der Waals surface area contributed by atoms with Gasteiger partial charge in [-0.15, -0.1) is 0 Å². The third-order valence-corrected chi connectivity index (χ3v) is 14.3. The minimum Gasteiger partial charge on any atom is -0.394 e. The Morgan fingerprint density at radius 3 is 1.31 bits per heavy atom. The van der Waals surface area contributed by atoms with Crippen molar-refractivity contribution in [3.63, 3.8) is 0 Å². The van der Waals surface area contributed by atoms with Gasteiger partial charge < -0.3 is 65.1 Å². The lowest BCUT2D eigenvalue weighted by Crippen LogP contribution is -2.65. The zero-order chi connectivity index (χ0) is 60.9. The van der Waals surface area contributed by atoms with Crippen LogP contribution in [0.3, 0.4) is 0 Å². The van der Waals surface area contributed by atoms with E-state index in [0.717, 1.165) is 109 Å². The Kier molecular flexibility index (Phi) is 47.7. The summed E-state index contributed by atoms with van der Waals surface area (Å²) in [5.41, 5.74) is 0. The maximum absolute atomic E-state index is 13.2. The quantitative estimate of drug-likeness (QED) is 0.0204. The number of amides is 1. The average Bonchev–Trinajstić information content (AvgIpc) is 2.95. The van der Waals surface area contributed by atoms with Crippen molar-refractivity contribution >= 4 is 5.91 Å². The fourth-order valence-electron chi connectivity index (χ4n) is 9.24. The molecule has 12 unspecified atom stereocenters. The average molecular weight is 1170 g/mol. The van der Waals surface area contributed by atoms with Crippen molar-refractivity contribution in [3.05, 3.63) is 158 Å². The summed E-state index contributed by atoms with van der Waals surface area (Å²) in [5.74, 6) is -0.269. The number of allylic oxidation sites excluding steroid dienone is 25. The molecule has 2 aliphatic heterocycles. The van der Waals surface area contributed by atoms with Crippen LogP contribution >= 0.6 is 0 Å². The summed E-state index contributed by atoms with van der Waals surface area (Å²) < 4.78 is 22.7. The largest absolute Gasteiger partial charge is 0.394 e. The van der Waals surface area contributed by atoms with Crippen molar-refractivity contribution in [1.29, 1.82) is 0 Å². The van der Waals surface area contributed by atoms with Crippen LogP contribution in [0.15, 0.2) is 158 Å². The molecule has 12 atom stereocenters. The first kappa shape index (κ1) is 75.7. The maximum atomic E-state index is 13.2. The molecule has 0 radical (unpaired) electrons. The highest BCUT2D eigenvalue weighted by atomic mass is 16.7. The molecule has 2 aliphatic rings. The number of nitrogens with one attached hydrogen (secondary N) is 1. The molecular formula is C70H111NO13. The smallest absolute Gasteiger partial charge is 0.220 e. The predicted molar refractivity (Wildman–Crippen MR) is 341 cm³/mol. The number of hydrogen-bond acceptors (Lipinski definition) is 13. The van der Waals surface area contributed by atoms with E-state index in [1.165, 1.54) is 38.5 Å². The first-order chi connectivity index (χ1) is 41.1. The summed E-state index contributed by atoms with van der Waals surface area (Å²) in [6, 6.07) is -0.949. The van der Waals surface area contributed by atoms with E-state index in [9.17, 15) is 45.6 Å². The molecule has 0 spiro atoms. The zero-order valence-electron chi connectivity index (χ0n) is 51.1. The third kappa shape index (κ3) is 37.2. The normalized spacial score (nSPS) is 24.8. The minimum atomic E-state index is -1.80. The van der Waals surface area contributed by atoms with Gasteiger partial charge in [0.15, 0.2) is 12.6 Å². The molecule has 474 valence electrons. The van der Waals surface area contributed by atoms with Gasteiger partial charge in [-0.2, -0.15) is 0 Å². The van der Waals surface area contributed by atoms with Gasteiger partial charge in [-0.05, 0) is 116 Å². The van der Waals surface area contributed by atoms with E-state index in [-0.39, 0.29) is 18.9 Å². The second-order valence-corrected chi connectivity index (χ2v) is 21.4. The number of ether oxygens (including phenoxy) is 4. The van der Waals surface area contributed by atoms with Crippen LogP contribution in [-0.2, 0) is 23.7 Å². The van der Waals surface area contributed by atoms with Crippen LogP contribution in [-0.4, -0.2) is 140 Å². The van der Waals surface area contributed by atoms with Crippen LogP contribution in [0.4, 0.5) is 0 Å². The molecule has 9 N–H and O–H groups in total. The van der Waals surface area contributed by atoms with Crippen LogP contribution in [0.1, 0.15) is 181 Å². The first-order valence-corrected chi connectivity index (χ1v) is 31.7. The summed E-state index contributed by atoms with van der Waals surface area (Å²) in [6.07, 6.45) is 64.9. The molecule has 2 heterocycles. The topological polar surface area (TPSA) is 228 Å². The molecule has 14 heteroatoms. The SMILES string of the molecule is C/C=C/CC/C=C/CC/C=C/C(O)C(COC1OC(CO)C(OC2OC(CO)C(O)C(O)C2O)C(O)C1O)NC(=O)CCCCCCCCCCCC/C=C\C/C=C\C/C=C\C/C=C\C/C=C\C/C=C\C/C=C\C/C=C\C/C=C\C/C=C\CC. The van der Waals surface area contributed by atoms with Gasteiger partial charge in [0.1, 0.15) is 48.8 Å². The second-order valence-electron chi connectivity index (χ2n) is 21.4. The molecule has 0 aliphatic carbocycles. The van der Waals surface area contributed by atoms with Gasteiger partial charge in [-0.3, -0.25) is 4.79 Å². The van der Waals surface area contributed by atoms with Gasteiger partial charge in [0.25, 0.3) is 0 Å². The van der Waals surface area contributed by atoms with Gasteiger partial charge in [-0.25, -0.2) is 0 Å². The molecule has 0 bridgehead atoms. The highest BCUT2D eigenvalue weighted by Crippen LogP contribution is 2.30. The molecule has 0 saturated carbocycles. The van der Waals surface area contributed by atoms with Crippen molar-refractivity contribution in [2.24, 2.45) is 0 Å². The molecule has 2 saturated heterocycles. The second kappa shape index (κ2) is 52.9. The predicted octanol–water partition coefficient (Wildman–Crippen LogP) is 11.9. The number of hydrogen-bond donors (Lipinski definition) is 9. The molecule has 0 aromatic rings. The van der Waals surface area contributed by atoms with E-state index in [0.29, 0.717) is 12.8 Å². The Morgan fingerprint density at radius 2 is 0.845 bits per heavy atom. The lowest BCUT2D eigenvalue weighted by Gasteiger charge is -2.46. The van der Waals surface area contributed by atoms with Gasteiger partial charge in [-0.1, -0.05) is 216 Å². The van der Waals surface area contributed by atoms with Gasteiger partial charge in [0.2, 0.25) is 5.91 Å². The van der Waals surface area contributed by atoms with Crippen LogP contribution in [0.2, 0.25) is 0 Å². The van der Waals surface area contributed by atoms with Crippen molar-refractivity contribution in [3.8, 4) is 0 Å². The lowest BCUT2D eigenvalue weighted by atomic mass is 9.97. The van der Waals surface area contributed by atoms with Gasteiger partial charge >= 0.3 is 0 Å². The Labute approximate surface area is 505 Å². The van der Waals surface area contributed by atoms with Crippen molar-refractivity contribution < 1.29 is 64.6 Å². The zero-order valence-corrected chi connectivity index (χ0v) is 51.1. The first-order valence-electron chi connectivity index (χ1n) is 31.7. The van der Waals surface area contributed by atoms with Crippen LogP contribution in [0.5, 0.6) is 0 Å². The third-order valence-electron chi connectivity index (χ3n) is 14.3. The Balaban J connectivity index is 1.58. The molecule has 0 aromatic heterocycles.